The molecule has 0 aliphatic rings. The van der Waals surface area contributed by atoms with Crippen molar-refractivity contribution in [2.24, 2.45) is 23.7 Å². The maximum Gasteiger partial charge on any atom is 0.135 e. The third-order valence-corrected chi connectivity index (χ3v) is 5.71. The second kappa shape index (κ2) is 19.4. The van der Waals surface area contributed by atoms with Gasteiger partial charge in [-0.15, -0.1) is 0 Å². The van der Waals surface area contributed by atoms with Crippen LogP contribution in [0.5, 0.6) is 0 Å². The van der Waals surface area contributed by atoms with Crippen LogP contribution < -0.4 is 0 Å². The monoisotopic (exact) mass is 443 g/mol. The maximum absolute atomic E-state index is 11.4. The number of rotatable bonds is 15. The number of carbonyl (C=O) groups excluding carboxylic acids is 2. The van der Waals surface area contributed by atoms with Crippen molar-refractivity contribution in [1.82, 2.24) is 0 Å². The van der Waals surface area contributed by atoms with Gasteiger partial charge in [0.15, 0.2) is 0 Å². The van der Waals surface area contributed by atoms with Crippen molar-refractivity contribution in [2.45, 2.75) is 112 Å². The molecule has 2 N–H and O–H groups in total. The van der Waals surface area contributed by atoms with Crippen LogP contribution in [0.2, 0.25) is 0 Å². The van der Waals surface area contributed by atoms with Gasteiger partial charge in [0.05, 0.1) is 12.2 Å². The van der Waals surface area contributed by atoms with Crippen LogP contribution in [0.15, 0.2) is 24.3 Å². The topological polar surface area (TPSA) is 74.6 Å². The van der Waals surface area contributed by atoms with Gasteiger partial charge in [0.2, 0.25) is 0 Å². The number of aliphatic hydroxyl groups excluding tert-OH is 2. The molecule has 182 valence electrons. The molecule has 31 heavy (non-hydrogen) atoms. The highest BCUT2D eigenvalue weighted by Crippen LogP contribution is 2.21. The third-order valence-electron chi connectivity index (χ3n) is 5.71. The molecular weight excluding hydrogens is 388 g/mol. The molecule has 0 saturated carbocycles. The molecule has 0 fully saturated rings. The summed E-state index contributed by atoms with van der Waals surface area (Å²) >= 11 is 0. The Kier molecular flexibility index (Phi) is 14.4. The predicted octanol–water partition coefficient (Wildman–Crippen LogP) is 6.30. The Hall–Kier alpha value is -1.26. The highest BCUT2D eigenvalue weighted by molar-refractivity contribution is 5.79. The van der Waals surface area contributed by atoms with Crippen molar-refractivity contribution in [3.63, 3.8) is 0 Å². The van der Waals surface area contributed by atoms with Crippen molar-refractivity contribution < 1.29 is 26.7 Å². The number of aliphatic hydroxyl groups is 2. The van der Waals surface area contributed by atoms with Crippen LogP contribution >= 0.6 is 0 Å². The first kappa shape index (κ1) is 22.9. The van der Waals surface area contributed by atoms with Crippen LogP contribution in [0.25, 0.3) is 0 Å². The van der Waals surface area contributed by atoms with E-state index in [4.69, 9.17) is 6.85 Å². The second-order valence-corrected chi connectivity index (χ2v) is 8.38. The van der Waals surface area contributed by atoms with Crippen LogP contribution in [0, 0.1) is 23.7 Å². The van der Waals surface area contributed by atoms with E-state index >= 15 is 0 Å². The molecule has 0 aromatic heterocycles. The van der Waals surface area contributed by atoms with Crippen molar-refractivity contribution in [3.05, 3.63) is 24.3 Å². The van der Waals surface area contributed by atoms with E-state index in [1.807, 2.05) is 45.9 Å². The molecule has 4 nitrogen and oxygen atoms in total. The van der Waals surface area contributed by atoms with E-state index in [1.54, 1.807) is 6.08 Å². The molecule has 0 heterocycles. The lowest BCUT2D eigenvalue weighted by Crippen LogP contribution is -2.31. The zero-order valence-corrected chi connectivity index (χ0v) is 20.5. The molecule has 0 saturated heterocycles. The van der Waals surface area contributed by atoms with Gasteiger partial charge < -0.3 is 10.2 Å². The highest BCUT2D eigenvalue weighted by Gasteiger charge is 2.26. The summed E-state index contributed by atoms with van der Waals surface area (Å²) in [5.41, 5.74) is 0. The number of hydrogen-bond donors (Lipinski definition) is 2. The minimum absolute atomic E-state index is 0.00198. The first-order valence-corrected chi connectivity index (χ1v) is 11.6. The Balaban J connectivity index is 0. The van der Waals surface area contributed by atoms with Crippen molar-refractivity contribution >= 4 is 11.6 Å². The minimum atomic E-state index is -1.88. The summed E-state index contributed by atoms with van der Waals surface area (Å²) in [5, 5.41) is 20.1. The SMILES string of the molecule is [2H]C([2H])([2H])CCC=CC[C@@H](C)C(O)[C@H](CC)C(C)=O.[2H]C([2H])CC=CC[C@@H](C)C(O)[C@H](CC)C(C)=O. The maximum atomic E-state index is 11.4. The minimum Gasteiger partial charge on any atom is -0.392 e. The van der Waals surface area contributed by atoms with Gasteiger partial charge in [-0.3, -0.25) is 9.59 Å². The molecular formula is C27H50O4. The van der Waals surface area contributed by atoms with Gasteiger partial charge in [0.25, 0.3) is 0 Å². The second-order valence-electron chi connectivity index (χ2n) is 8.38. The van der Waals surface area contributed by atoms with Crippen LogP contribution in [0.1, 0.15) is 107 Å². The number of hydrogen-bond acceptors (Lipinski definition) is 4. The fourth-order valence-electron chi connectivity index (χ4n) is 3.53. The molecule has 2 unspecified atom stereocenters. The number of ketones is 2. The summed E-state index contributed by atoms with van der Waals surface area (Å²) in [6, 6.07) is 0. The van der Waals surface area contributed by atoms with Gasteiger partial charge in [-0.25, -0.2) is 0 Å². The number of carbonyl (C=O) groups is 2. The van der Waals surface area contributed by atoms with Gasteiger partial charge in [-0.05, 0) is 64.2 Å². The van der Waals surface area contributed by atoms with Crippen molar-refractivity contribution in [2.75, 3.05) is 0 Å². The molecule has 0 aromatic carbocycles. The Bertz CT molecular complexity index is 661. The largest absolute Gasteiger partial charge is 0.392 e. The van der Waals surface area contributed by atoms with E-state index in [0.29, 0.717) is 38.5 Å². The fourth-order valence-corrected chi connectivity index (χ4v) is 3.53. The highest BCUT2D eigenvalue weighted by atomic mass is 16.3. The average molecular weight is 444 g/mol. The number of Topliss-reactive ketones (excluding diaryl/α,β-unsaturated/α-hetero) is 2. The molecule has 6 atom stereocenters. The Labute approximate surface area is 199 Å². The van der Waals surface area contributed by atoms with Gasteiger partial charge in [-0.2, -0.15) is 0 Å². The molecule has 4 heteroatoms. The zero-order valence-electron chi connectivity index (χ0n) is 25.5. The summed E-state index contributed by atoms with van der Waals surface area (Å²) < 4.78 is 35.3. The molecule has 0 spiro atoms. The Morgan fingerprint density at radius 2 is 1.29 bits per heavy atom. The average Bonchev–Trinajstić information content (AvgIpc) is 2.75. The Morgan fingerprint density at radius 1 is 0.839 bits per heavy atom. The standard InChI is InChI=1S/C14H26O2.C13H24O2/c1-5-7-8-9-10-11(3)14(16)13(6-2)12(4)15;1-5-7-8-9-10(3)13(15)12(6-2)11(4)14/h8-9,11,13-14,16H,5-7,10H2,1-4H3;7-8,10,12-13,15H,5-6,9H2,1-4H3/t11-,13-,14?;10-,12-,13?/m11/s1/i1D3;1D2. The van der Waals surface area contributed by atoms with Gasteiger partial charge in [0.1, 0.15) is 11.6 Å². The summed E-state index contributed by atoms with van der Waals surface area (Å²) in [4.78, 5) is 22.7. The molecule has 0 aliphatic heterocycles. The third kappa shape index (κ3) is 14.4. The quantitative estimate of drug-likeness (QED) is 0.291. The fraction of sp³-hybridized carbons (Fsp3) is 0.778. The smallest absolute Gasteiger partial charge is 0.135 e. The summed E-state index contributed by atoms with van der Waals surface area (Å²) in [5.74, 6) is -0.501. The molecule has 0 bridgehead atoms. The van der Waals surface area contributed by atoms with Crippen LogP contribution in [0.3, 0.4) is 0 Å². The van der Waals surface area contributed by atoms with E-state index in [9.17, 15) is 19.8 Å². The van der Waals surface area contributed by atoms with Gasteiger partial charge >= 0.3 is 0 Å². The Morgan fingerprint density at radius 3 is 1.65 bits per heavy atom. The molecule has 0 amide bonds. The van der Waals surface area contributed by atoms with Crippen molar-refractivity contribution in [1.29, 1.82) is 0 Å². The van der Waals surface area contributed by atoms with E-state index in [2.05, 4.69) is 0 Å². The van der Waals surface area contributed by atoms with E-state index < -0.39 is 25.9 Å². The van der Waals surface area contributed by atoms with Crippen LogP contribution in [-0.2, 0) is 9.59 Å². The summed E-state index contributed by atoms with van der Waals surface area (Å²) in [6.07, 6.45) is 9.91. The molecule has 0 aliphatic carbocycles. The zero-order chi connectivity index (χ0) is 28.5. The number of allylic oxidation sites excluding steroid dienone is 4. The molecule has 0 radical (unpaired) electrons. The first-order chi connectivity index (χ1) is 16.6. The lowest BCUT2D eigenvalue weighted by Gasteiger charge is -2.24. The molecule has 0 rings (SSSR count). The van der Waals surface area contributed by atoms with Crippen LogP contribution in [-0.4, -0.2) is 34.0 Å². The summed E-state index contributed by atoms with van der Waals surface area (Å²) in [6.45, 7) is 7.95. The van der Waals surface area contributed by atoms with E-state index in [1.165, 1.54) is 13.8 Å². The lowest BCUT2D eigenvalue weighted by atomic mass is 9.86. The van der Waals surface area contributed by atoms with E-state index in [-0.39, 0.29) is 41.7 Å². The first-order valence-electron chi connectivity index (χ1n) is 14.3. The van der Waals surface area contributed by atoms with Gasteiger partial charge in [0, 0.05) is 18.7 Å². The van der Waals surface area contributed by atoms with E-state index in [0.717, 1.165) is 0 Å². The predicted molar refractivity (Wildman–Crippen MR) is 132 cm³/mol. The van der Waals surface area contributed by atoms with Crippen molar-refractivity contribution in [3.8, 4) is 0 Å². The lowest BCUT2D eigenvalue weighted by molar-refractivity contribution is -0.126. The van der Waals surface area contributed by atoms with Crippen LogP contribution in [0.4, 0.5) is 0 Å². The normalized spacial score (nSPS) is 20.4. The van der Waals surface area contributed by atoms with Gasteiger partial charge in [-0.1, -0.05) is 72.1 Å². The summed E-state index contributed by atoms with van der Waals surface area (Å²) in [7, 11) is 0. The molecule has 0 aromatic rings.